The third kappa shape index (κ3) is 0.957. The van der Waals surface area contributed by atoms with Crippen LogP contribution >= 0.6 is 0 Å². The predicted octanol–water partition coefficient (Wildman–Crippen LogP) is 2.23. The van der Waals surface area contributed by atoms with Crippen molar-refractivity contribution in [2.45, 2.75) is 18.0 Å². The van der Waals surface area contributed by atoms with Gasteiger partial charge in [-0.1, -0.05) is 30.3 Å². The van der Waals surface area contributed by atoms with E-state index in [1.54, 1.807) is 6.92 Å². The van der Waals surface area contributed by atoms with Gasteiger partial charge in [0.25, 0.3) is 0 Å². The van der Waals surface area contributed by atoms with Gasteiger partial charge in [0.15, 0.2) is 0 Å². The van der Waals surface area contributed by atoms with E-state index in [0.29, 0.717) is 0 Å². The van der Waals surface area contributed by atoms with Gasteiger partial charge in [0.05, 0.1) is 0 Å². The van der Waals surface area contributed by atoms with Gasteiger partial charge in [0, 0.05) is 24.4 Å². The number of alkyl halides is 1. The van der Waals surface area contributed by atoms with Crippen LogP contribution in [0.5, 0.6) is 0 Å². The summed E-state index contributed by atoms with van der Waals surface area (Å²) in [5.74, 6) is 0.192. The molecule has 1 aromatic carbocycles. The van der Waals surface area contributed by atoms with Crippen molar-refractivity contribution in [1.29, 1.82) is 0 Å². The average Bonchev–Trinajstić information content (AvgIpc) is 2.59. The highest BCUT2D eigenvalue weighted by molar-refractivity contribution is 5.45. The molecular weight excluding hydrogens is 189 g/mol. The van der Waals surface area contributed by atoms with Crippen molar-refractivity contribution in [3.8, 4) is 0 Å². The van der Waals surface area contributed by atoms with E-state index in [2.05, 4.69) is 24.1 Å². The van der Waals surface area contributed by atoms with Crippen LogP contribution in [0.4, 0.5) is 4.39 Å². The smallest absolute Gasteiger partial charge is 0.124 e. The van der Waals surface area contributed by atoms with Crippen molar-refractivity contribution in [1.82, 2.24) is 4.90 Å². The highest BCUT2D eigenvalue weighted by Gasteiger charge is 2.78. The van der Waals surface area contributed by atoms with Crippen molar-refractivity contribution < 1.29 is 4.39 Å². The Balaban J connectivity index is 2.05. The first-order valence-corrected chi connectivity index (χ1v) is 5.52. The lowest BCUT2D eigenvalue weighted by molar-refractivity contribution is 0.207. The molecule has 1 heterocycles. The summed E-state index contributed by atoms with van der Waals surface area (Å²) in [5.41, 5.74) is -0.0477. The Morgan fingerprint density at radius 1 is 1.33 bits per heavy atom. The summed E-state index contributed by atoms with van der Waals surface area (Å²) in [6.45, 7) is 3.51. The quantitative estimate of drug-likeness (QED) is 0.679. The number of likely N-dealkylation sites (tertiary alicyclic amines) is 1. The molecule has 0 aromatic heterocycles. The minimum Gasteiger partial charge on any atom is -0.305 e. The Morgan fingerprint density at radius 3 is 2.60 bits per heavy atom. The summed E-state index contributed by atoms with van der Waals surface area (Å²) in [6, 6.07) is 10.1. The van der Waals surface area contributed by atoms with Crippen molar-refractivity contribution >= 4 is 0 Å². The first-order chi connectivity index (χ1) is 7.09. The Labute approximate surface area is 89.9 Å². The molecule has 1 aromatic rings. The molecule has 0 amide bonds. The molecule has 0 N–H and O–H groups in total. The molecule has 0 spiro atoms. The van der Waals surface area contributed by atoms with Crippen LogP contribution in [0.1, 0.15) is 12.5 Å². The molecule has 0 radical (unpaired) electrons. The Hall–Kier alpha value is -0.890. The molecule has 3 atom stereocenters. The summed E-state index contributed by atoms with van der Waals surface area (Å²) in [7, 11) is 2.08. The zero-order valence-corrected chi connectivity index (χ0v) is 9.20. The van der Waals surface area contributed by atoms with Gasteiger partial charge in [0.1, 0.15) is 5.67 Å². The predicted molar refractivity (Wildman–Crippen MR) is 58.6 cm³/mol. The number of halogens is 1. The largest absolute Gasteiger partial charge is 0.305 e. The molecule has 3 rings (SSSR count). The molecule has 0 bridgehead atoms. The maximum absolute atomic E-state index is 14.4. The van der Waals surface area contributed by atoms with Gasteiger partial charge < -0.3 is 4.90 Å². The van der Waals surface area contributed by atoms with Gasteiger partial charge in [-0.05, 0) is 19.5 Å². The SMILES string of the molecule is CN1CC2C(C)(F)C2(c2ccccc2)C1. The van der Waals surface area contributed by atoms with Crippen molar-refractivity contribution in [3.63, 3.8) is 0 Å². The van der Waals surface area contributed by atoms with Crippen LogP contribution in [0.25, 0.3) is 0 Å². The number of hydrogen-bond acceptors (Lipinski definition) is 1. The van der Waals surface area contributed by atoms with Crippen molar-refractivity contribution in [3.05, 3.63) is 35.9 Å². The van der Waals surface area contributed by atoms with Gasteiger partial charge in [-0.25, -0.2) is 4.39 Å². The second-order valence-electron chi connectivity index (χ2n) is 5.16. The Bertz CT molecular complexity index is 387. The fourth-order valence-corrected chi connectivity index (χ4v) is 3.45. The fraction of sp³-hybridized carbons (Fsp3) is 0.538. The number of nitrogens with zero attached hydrogens (tertiary/aromatic N) is 1. The lowest BCUT2D eigenvalue weighted by Crippen LogP contribution is -2.31. The third-order valence-electron chi connectivity index (χ3n) is 4.34. The van der Waals surface area contributed by atoms with Gasteiger partial charge in [-0.3, -0.25) is 0 Å². The van der Waals surface area contributed by atoms with E-state index in [9.17, 15) is 4.39 Å². The van der Waals surface area contributed by atoms with E-state index >= 15 is 0 Å². The van der Waals surface area contributed by atoms with Crippen molar-refractivity contribution in [2.75, 3.05) is 20.1 Å². The van der Waals surface area contributed by atoms with Crippen LogP contribution in [-0.2, 0) is 5.41 Å². The maximum atomic E-state index is 14.4. The molecule has 1 nitrogen and oxygen atoms in total. The third-order valence-corrected chi connectivity index (χ3v) is 4.34. The number of rotatable bonds is 1. The van der Waals surface area contributed by atoms with Crippen LogP contribution in [0.3, 0.4) is 0 Å². The van der Waals surface area contributed by atoms with E-state index in [4.69, 9.17) is 0 Å². The standard InChI is InChI=1S/C13H16FN/c1-12(14)11-8-15(2)9-13(11,12)10-6-4-3-5-7-10/h3-7,11H,8-9H2,1-2H3. The lowest BCUT2D eigenvalue weighted by atomic mass is 9.92. The number of fused-ring (bicyclic) bond motifs is 1. The molecule has 2 aliphatic rings. The second kappa shape index (κ2) is 2.62. The molecule has 1 aliphatic heterocycles. The number of hydrogen-bond donors (Lipinski definition) is 0. The van der Waals surface area contributed by atoms with Crippen molar-refractivity contribution in [2.24, 2.45) is 5.92 Å². The Kier molecular flexibility index (Phi) is 1.63. The maximum Gasteiger partial charge on any atom is 0.124 e. The molecular formula is C13H16FN. The highest BCUT2D eigenvalue weighted by Crippen LogP contribution is 2.68. The average molecular weight is 205 g/mol. The summed E-state index contributed by atoms with van der Waals surface area (Å²) in [5, 5.41) is 0. The monoisotopic (exact) mass is 205 g/mol. The number of likely N-dealkylation sites (N-methyl/N-ethyl adjacent to an activating group) is 1. The van der Waals surface area contributed by atoms with Gasteiger partial charge in [0.2, 0.25) is 0 Å². The van der Waals surface area contributed by atoms with Crippen LogP contribution < -0.4 is 0 Å². The van der Waals surface area contributed by atoms with Crippen LogP contribution in [0.2, 0.25) is 0 Å². The Morgan fingerprint density at radius 2 is 2.00 bits per heavy atom. The molecule has 2 fully saturated rings. The van der Waals surface area contributed by atoms with Gasteiger partial charge >= 0.3 is 0 Å². The number of piperidine rings is 1. The molecule has 3 unspecified atom stereocenters. The van der Waals surface area contributed by atoms with E-state index in [0.717, 1.165) is 13.1 Å². The molecule has 15 heavy (non-hydrogen) atoms. The zero-order chi connectivity index (χ0) is 10.7. The lowest BCUT2D eigenvalue weighted by Gasteiger charge is -2.21. The number of benzene rings is 1. The highest BCUT2D eigenvalue weighted by atomic mass is 19.1. The molecule has 1 aliphatic carbocycles. The van der Waals surface area contributed by atoms with E-state index in [1.165, 1.54) is 5.56 Å². The second-order valence-corrected chi connectivity index (χ2v) is 5.16. The summed E-state index contributed by atoms with van der Waals surface area (Å²) < 4.78 is 14.4. The van der Waals surface area contributed by atoms with Crippen LogP contribution in [-0.4, -0.2) is 30.7 Å². The first-order valence-electron chi connectivity index (χ1n) is 5.52. The summed E-state index contributed by atoms with van der Waals surface area (Å²) in [4.78, 5) is 2.24. The van der Waals surface area contributed by atoms with Gasteiger partial charge in [-0.2, -0.15) is 0 Å². The molecule has 80 valence electrons. The zero-order valence-electron chi connectivity index (χ0n) is 9.20. The summed E-state index contributed by atoms with van der Waals surface area (Å²) in [6.07, 6.45) is 0. The fourth-order valence-electron chi connectivity index (χ4n) is 3.45. The molecule has 2 heteroatoms. The topological polar surface area (TPSA) is 3.24 Å². The van der Waals surface area contributed by atoms with E-state index in [-0.39, 0.29) is 11.3 Å². The van der Waals surface area contributed by atoms with E-state index in [1.807, 2.05) is 18.2 Å². The van der Waals surface area contributed by atoms with Crippen LogP contribution in [0, 0.1) is 5.92 Å². The molecule has 1 saturated heterocycles. The molecule has 1 saturated carbocycles. The van der Waals surface area contributed by atoms with Crippen LogP contribution in [0.15, 0.2) is 30.3 Å². The minimum atomic E-state index is -0.999. The van der Waals surface area contributed by atoms with E-state index < -0.39 is 5.67 Å². The van der Waals surface area contributed by atoms with Gasteiger partial charge in [-0.15, -0.1) is 0 Å². The normalized spacial score (nSPS) is 44.1. The first kappa shape index (κ1) is 9.34. The minimum absolute atomic E-state index is 0.192. The summed E-state index contributed by atoms with van der Waals surface area (Å²) >= 11 is 0.